The fraction of sp³-hybridized carbons (Fsp3) is 0.368. The molecule has 3 aromatic heterocycles. The van der Waals surface area contributed by atoms with Crippen molar-refractivity contribution in [2.24, 2.45) is 0 Å². The summed E-state index contributed by atoms with van der Waals surface area (Å²) in [5, 5.41) is 13.2. The molecule has 8 nitrogen and oxygen atoms in total. The highest BCUT2D eigenvalue weighted by atomic mass is 32.2. The Balaban J connectivity index is 1.71. The lowest BCUT2D eigenvalue weighted by Gasteiger charge is -2.10. The number of carbonyl (C=O) groups is 2. The number of anilines is 1. The number of amides is 1. The summed E-state index contributed by atoms with van der Waals surface area (Å²) in [7, 11) is 0. The zero-order valence-electron chi connectivity index (χ0n) is 16.5. The predicted molar refractivity (Wildman–Crippen MR) is 110 cm³/mol. The molecule has 154 valence electrons. The number of rotatable bonds is 7. The lowest BCUT2D eigenvalue weighted by Crippen LogP contribution is -2.16. The van der Waals surface area contributed by atoms with Crippen molar-refractivity contribution in [1.29, 1.82) is 0 Å². The smallest absolute Gasteiger partial charge is 0.341 e. The quantitative estimate of drug-likeness (QED) is 0.424. The molecule has 1 N–H and O–H groups in total. The van der Waals surface area contributed by atoms with Gasteiger partial charge in [0.15, 0.2) is 0 Å². The van der Waals surface area contributed by atoms with Crippen LogP contribution >= 0.6 is 23.1 Å². The highest BCUT2D eigenvalue weighted by Crippen LogP contribution is 2.36. The van der Waals surface area contributed by atoms with Gasteiger partial charge in [0, 0.05) is 16.4 Å². The summed E-state index contributed by atoms with van der Waals surface area (Å²) in [5.74, 6) is 0.270. The predicted octanol–water partition coefficient (Wildman–Crippen LogP) is 4.60. The Morgan fingerprint density at radius 1 is 1.31 bits per heavy atom. The van der Waals surface area contributed by atoms with Crippen LogP contribution in [0, 0.1) is 0 Å². The summed E-state index contributed by atoms with van der Waals surface area (Å²) in [6, 6.07) is 3.47. The van der Waals surface area contributed by atoms with E-state index in [0.717, 1.165) is 11.8 Å². The number of hydrogen-bond donors (Lipinski definition) is 1. The maximum atomic E-state index is 12.5. The molecule has 10 heteroatoms. The number of hydrogen-bond acceptors (Lipinski definition) is 9. The van der Waals surface area contributed by atoms with Crippen LogP contribution < -0.4 is 5.32 Å². The molecule has 0 fully saturated rings. The third kappa shape index (κ3) is 5.07. The Morgan fingerprint density at radius 2 is 2.10 bits per heavy atom. The van der Waals surface area contributed by atoms with Crippen molar-refractivity contribution in [3.63, 3.8) is 0 Å². The molecule has 29 heavy (non-hydrogen) atoms. The van der Waals surface area contributed by atoms with Crippen molar-refractivity contribution in [3.05, 3.63) is 35.2 Å². The normalized spacial score (nSPS) is 11.4. The third-order valence-corrected chi connectivity index (χ3v) is 5.40. The van der Waals surface area contributed by atoms with E-state index in [2.05, 4.69) is 15.5 Å². The molecule has 0 aliphatic rings. The van der Waals surface area contributed by atoms with Crippen LogP contribution in [0.5, 0.6) is 0 Å². The number of ether oxygens (including phenoxy) is 1. The number of nitrogens with zero attached hydrogens (tertiary/aromatic N) is 2. The average Bonchev–Trinajstić information content (AvgIpc) is 3.39. The van der Waals surface area contributed by atoms with Crippen LogP contribution in [0.25, 0.3) is 11.3 Å². The summed E-state index contributed by atoms with van der Waals surface area (Å²) in [5.41, 5.74) is 0.591. The number of thiophene rings is 1. The standard InChI is InChI=1S/C19H21N3O5S2/c1-5-25-16(24)14-11(12-7-6-8-26-12)9-28-15(14)20-13(23)10-29-18-22-21-17(27-18)19(2,3)4/h6-9H,5,10H2,1-4H3,(H,20,23). The Labute approximate surface area is 176 Å². The van der Waals surface area contributed by atoms with Crippen molar-refractivity contribution in [2.45, 2.75) is 38.3 Å². The van der Waals surface area contributed by atoms with Crippen LogP contribution in [0.3, 0.4) is 0 Å². The highest BCUT2D eigenvalue weighted by molar-refractivity contribution is 7.99. The van der Waals surface area contributed by atoms with Crippen molar-refractivity contribution >= 4 is 40.0 Å². The van der Waals surface area contributed by atoms with Crippen molar-refractivity contribution in [2.75, 3.05) is 17.7 Å². The SMILES string of the molecule is CCOC(=O)c1c(-c2ccco2)csc1NC(=O)CSc1nnc(C(C)(C)C)o1. The van der Waals surface area contributed by atoms with E-state index < -0.39 is 5.97 Å². The first-order valence-corrected chi connectivity index (χ1v) is 10.7. The summed E-state index contributed by atoms with van der Waals surface area (Å²) in [4.78, 5) is 24.9. The largest absolute Gasteiger partial charge is 0.464 e. The van der Waals surface area contributed by atoms with Crippen LogP contribution in [0.15, 0.2) is 37.8 Å². The van der Waals surface area contributed by atoms with Crippen molar-refractivity contribution in [3.8, 4) is 11.3 Å². The summed E-state index contributed by atoms with van der Waals surface area (Å²) >= 11 is 2.36. The lowest BCUT2D eigenvalue weighted by molar-refractivity contribution is -0.113. The lowest BCUT2D eigenvalue weighted by atomic mass is 9.97. The molecule has 0 bridgehead atoms. The van der Waals surface area contributed by atoms with Crippen LogP contribution in [0.4, 0.5) is 5.00 Å². The van der Waals surface area contributed by atoms with E-state index in [-0.39, 0.29) is 29.2 Å². The molecule has 1 amide bonds. The molecule has 0 saturated heterocycles. The molecule has 3 rings (SSSR count). The van der Waals surface area contributed by atoms with Gasteiger partial charge in [-0.25, -0.2) is 4.79 Å². The molecular formula is C19H21N3O5S2. The average molecular weight is 436 g/mol. The minimum Gasteiger partial charge on any atom is -0.464 e. The molecule has 0 spiro atoms. The Kier molecular flexibility index (Phi) is 6.43. The van der Waals surface area contributed by atoms with E-state index in [4.69, 9.17) is 13.6 Å². The van der Waals surface area contributed by atoms with Crippen LogP contribution in [-0.4, -0.2) is 34.4 Å². The molecule has 0 aliphatic carbocycles. The number of nitrogens with one attached hydrogen (secondary N) is 1. The number of aromatic nitrogens is 2. The van der Waals surface area contributed by atoms with E-state index in [1.807, 2.05) is 20.8 Å². The zero-order valence-corrected chi connectivity index (χ0v) is 18.1. The van der Waals surface area contributed by atoms with Gasteiger partial charge in [-0.2, -0.15) is 0 Å². The van der Waals surface area contributed by atoms with Gasteiger partial charge in [0.2, 0.25) is 11.8 Å². The van der Waals surface area contributed by atoms with E-state index in [1.165, 1.54) is 17.6 Å². The molecule has 0 aliphatic heterocycles. The van der Waals surface area contributed by atoms with Gasteiger partial charge in [0.25, 0.3) is 5.22 Å². The zero-order chi connectivity index (χ0) is 21.0. The minimum absolute atomic E-state index is 0.0576. The summed E-state index contributed by atoms with van der Waals surface area (Å²) < 4.78 is 16.1. The maximum absolute atomic E-state index is 12.5. The fourth-order valence-corrected chi connectivity index (χ4v) is 3.85. The first-order chi connectivity index (χ1) is 13.8. The first-order valence-electron chi connectivity index (χ1n) is 8.88. The second-order valence-electron chi connectivity index (χ2n) is 7.01. The van der Waals surface area contributed by atoms with Gasteiger partial charge in [0.05, 0.1) is 18.6 Å². The van der Waals surface area contributed by atoms with E-state index in [0.29, 0.717) is 27.4 Å². The highest BCUT2D eigenvalue weighted by Gasteiger charge is 2.25. The molecule has 0 aromatic carbocycles. The summed E-state index contributed by atoms with van der Waals surface area (Å²) in [6.07, 6.45) is 1.52. The number of thioether (sulfide) groups is 1. The van der Waals surface area contributed by atoms with E-state index in [1.54, 1.807) is 24.4 Å². The topological polar surface area (TPSA) is 107 Å². The minimum atomic E-state index is -0.519. The number of esters is 1. The molecule has 0 atom stereocenters. The van der Waals surface area contributed by atoms with Gasteiger partial charge in [-0.1, -0.05) is 32.5 Å². The van der Waals surface area contributed by atoms with Crippen LogP contribution in [0.1, 0.15) is 43.9 Å². The van der Waals surface area contributed by atoms with Crippen molar-refractivity contribution in [1.82, 2.24) is 10.2 Å². The van der Waals surface area contributed by atoms with Gasteiger partial charge < -0.3 is 18.9 Å². The van der Waals surface area contributed by atoms with Gasteiger partial charge in [-0.15, -0.1) is 21.5 Å². The molecule has 3 aromatic rings. The third-order valence-electron chi connectivity index (χ3n) is 3.68. The van der Waals surface area contributed by atoms with Gasteiger partial charge >= 0.3 is 5.97 Å². The van der Waals surface area contributed by atoms with E-state index in [9.17, 15) is 9.59 Å². The Hall–Kier alpha value is -2.59. The van der Waals surface area contributed by atoms with E-state index >= 15 is 0 Å². The molecular weight excluding hydrogens is 414 g/mol. The number of furan rings is 1. The number of carbonyl (C=O) groups excluding carboxylic acids is 2. The Bertz CT molecular complexity index is 986. The Morgan fingerprint density at radius 3 is 2.72 bits per heavy atom. The van der Waals surface area contributed by atoms with Crippen LogP contribution in [-0.2, 0) is 14.9 Å². The second kappa shape index (κ2) is 8.83. The van der Waals surface area contributed by atoms with Crippen LogP contribution in [0.2, 0.25) is 0 Å². The molecule has 0 saturated carbocycles. The van der Waals surface area contributed by atoms with Crippen molar-refractivity contribution < 1.29 is 23.2 Å². The molecule has 0 radical (unpaired) electrons. The fourth-order valence-electron chi connectivity index (χ4n) is 2.33. The van der Waals surface area contributed by atoms with Gasteiger partial charge in [-0.3, -0.25) is 4.79 Å². The monoisotopic (exact) mass is 435 g/mol. The maximum Gasteiger partial charge on any atom is 0.341 e. The second-order valence-corrected chi connectivity index (χ2v) is 8.82. The molecule has 3 heterocycles. The first kappa shape index (κ1) is 21.1. The summed E-state index contributed by atoms with van der Waals surface area (Å²) in [6.45, 7) is 7.84. The molecule has 0 unspecified atom stereocenters. The van der Waals surface area contributed by atoms with Gasteiger partial charge in [0.1, 0.15) is 16.3 Å². The van der Waals surface area contributed by atoms with Gasteiger partial charge in [-0.05, 0) is 19.1 Å².